The van der Waals surface area contributed by atoms with Gasteiger partial charge in [-0.3, -0.25) is 9.36 Å². The zero-order chi connectivity index (χ0) is 25.8. The zero-order valence-corrected chi connectivity index (χ0v) is 20.9. The number of esters is 1. The van der Waals surface area contributed by atoms with E-state index in [1.54, 1.807) is 26.0 Å². The van der Waals surface area contributed by atoms with Crippen molar-refractivity contribution >= 4 is 17.1 Å². The summed E-state index contributed by atoms with van der Waals surface area (Å²) >= 11 is 0. The van der Waals surface area contributed by atoms with Crippen molar-refractivity contribution in [2.45, 2.75) is 46.2 Å². The Balaban J connectivity index is 1.85. The summed E-state index contributed by atoms with van der Waals surface area (Å²) in [5.41, 5.74) is 0.933. The predicted molar refractivity (Wildman–Crippen MR) is 137 cm³/mol. The molecule has 0 saturated carbocycles. The average Bonchev–Trinajstić information content (AvgIpc) is 3.31. The fraction of sp³-hybridized carbons (Fsp3) is 0.333. The lowest BCUT2D eigenvalue weighted by molar-refractivity contribution is -0.146. The van der Waals surface area contributed by atoms with Gasteiger partial charge in [0.05, 0.1) is 25.2 Å². The maximum atomic E-state index is 13.6. The van der Waals surface area contributed by atoms with Crippen LogP contribution in [-0.4, -0.2) is 37.9 Å². The van der Waals surface area contributed by atoms with Crippen LogP contribution in [0.1, 0.15) is 45.2 Å². The molecule has 1 atom stereocenters. The van der Waals surface area contributed by atoms with E-state index in [0.717, 1.165) is 10.1 Å². The number of fused-ring (bicyclic) bond motifs is 1. The van der Waals surface area contributed by atoms with E-state index in [1.165, 1.54) is 15.5 Å². The highest BCUT2D eigenvalue weighted by Crippen LogP contribution is 2.20. The van der Waals surface area contributed by atoms with Crippen LogP contribution in [0.3, 0.4) is 0 Å². The van der Waals surface area contributed by atoms with Crippen molar-refractivity contribution in [2.75, 3.05) is 13.2 Å². The van der Waals surface area contributed by atoms with Crippen molar-refractivity contribution in [2.24, 2.45) is 0 Å². The highest BCUT2D eigenvalue weighted by Gasteiger charge is 2.24. The molecular weight excluding hydrogens is 460 g/mol. The molecule has 0 fully saturated rings. The quantitative estimate of drug-likeness (QED) is 0.332. The smallest absolute Gasteiger partial charge is 0.337 e. The first kappa shape index (κ1) is 25.0. The summed E-state index contributed by atoms with van der Waals surface area (Å²) in [5.74, 6) is 0.468. The van der Waals surface area contributed by atoms with Crippen molar-refractivity contribution in [3.63, 3.8) is 0 Å². The molecule has 2 heterocycles. The molecule has 0 spiro atoms. The van der Waals surface area contributed by atoms with Gasteiger partial charge in [0.1, 0.15) is 18.4 Å². The van der Waals surface area contributed by atoms with Crippen LogP contribution >= 0.6 is 0 Å². The molecule has 0 aliphatic heterocycles. The van der Waals surface area contributed by atoms with Gasteiger partial charge in [-0.1, -0.05) is 44.2 Å². The molecule has 0 bridgehead atoms. The molecule has 0 saturated heterocycles. The van der Waals surface area contributed by atoms with Crippen LogP contribution < -0.4 is 16.0 Å². The van der Waals surface area contributed by atoms with Crippen LogP contribution in [0.5, 0.6) is 5.75 Å². The number of hydrogen-bond acceptors (Lipinski definition) is 6. The number of carbonyl (C=O) groups is 1. The Morgan fingerprint density at radius 2 is 1.69 bits per heavy atom. The molecule has 9 heteroatoms. The molecule has 36 heavy (non-hydrogen) atoms. The molecule has 4 aromatic rings. The number of carbonyl (C=O) groups excluding carboxylic acids is 1. The van der Waals surface area contributed by atoms with Gasteiger partial charge >= 0.3 is 11.7 Å². The van der Waals surface area contributed by atoms with E-state index in [1.807, 2.05) is 42.5 Å². The summed E-state index contributed by atoms with van der Waals surface area (Å²) < 4.78 is 14.9. The van der Waals surface area contributed by atoms with Crippen molar-refractivity contribution in [3.05, 3.63) is 87.3 Å². The topological polar surface area (TPSA) is 97.4 Å². The Hall–Kier alpha value is -4.14. The molecular formula is C27H30N4O5. The number of nitrogens with zero attached hydrogens (tertiary/aromatic N) is 4. The van der Waals surface area contributed by atoms with Gasteiger partial charge in [0.2, 0.25) is 0 Å². The fourth-order valence-corrected chi connectivity index (χ4v) is 4.03. The van der Waals surface area contributed by atoms with Gasteiger partial charge < -0.3 is 14.0 Å². The number of para-hydroxylation sites is 1. The van der Waals surface area contributed by atoms with Crippen molar-refractivity contribution in [1.29, 1.82) is 0 Å². The minimum absolute atomic E-state index is 0.0194. The monoisotopic (exact) mass is 490 g/mol. The van der Waals surface area contributed by atoms with Gasteiger partial charge in [-0.05, 0) is 49.6 Å². The summed E-state index contributed by atoms with van der Waals surface area (Å²) in [5, 5.41) is 0. The van der Waals surface area contributed by atoms with Gasteiger partial charge in [-0.25, -0.2) is 19.1 Å². The predicted octanol–water partition coefficient (Wildman–Crippen LogP) is 3.68. The molecule has 188 valence electrons. The summed E-state index contributed by atoms with van der Waals surface area (Å²) in [7, 11) is 0. The molecule has 0 aliphatic carbocycles. The van der Waals surface area contributed by atoms with E-state index in [4.69, 9.17) is 9.47 Å². The molecule has 0 radical (unpaired) electrons. The Kier molecular flexibility index (Phi) is 7.38. The van der Waals surface area contributed by atoms with Crippen LogP contribution in [-0.2, 0) is 16.1 Å². The molecule has 9 nitrogen and oxygen atoms in total. The first-order valence-corrected chi connectivity index (χ1v) is 12.0. The molecule has 0 aliphatic rings. The molecule has 2 aromatic carbocycles. The van der Waals surface area contributed by atoms with E-state index < -0.39 is 23.3 Å². The van der Waals surface area contributed by atoms with E-state index in [-0.39, 0.29) is 30.9 Å². The highest BCUT2D eigenvalue weighted by molar-refractivity contribution is 5.79. The first-order chi connectivity index (χ1) is 17.3. The molecule has 2 aromatic heterocycles. The van der Waals surface area contributed by atoms with Crippen LogP contribution in [0.25, 0.3) is 16.9 Å². The normalized spacial score (nSPS) is 12.1. The van der Waals surface area contributed by atoms with E-state index in [0.29, 0.717) is 17.4 Å². The van der Waals surface area contributed by atoms with Crippen molar-refractivity contribution in [1.82, 2.24) is 18.7 Å². The van der Waals surface area contributed by atoms with E-state index >= 15 is 0 Å². The Bertz CT molecular complexity index is 1470. The Morgan fingerprint density at radius 3 is 2.33 bits per heavy atom. The van der Waals surface area contributed by atoms with Crippen LogP contribution in [0.4, 0.5) is 0 Å². The molecule has 4 rings (SSSR count). The standard InChI is InChI=1S/C27H30N4O5/c1-5-35-26(33)19(4)30-17-28-24-23(30)25(32)29(15-16-36-22-9-7-6-8-10-22)27(34)31(24)21-13-11-20(12-14-21)18(2)3/h6-14,17-19H,5,15-16H2,1-4H3/t19-/m0/s1. The number of hydrogen-bond donors (Lipinski definition) is 0. The fourth-order valence-electron chi connectivity index (χ4n) is 4.03. The SMILES string of the molecule is CCOC(=O)[C@H](C)n1cnc2c1c(=O)n(CCOc1ccccc1)c(=O)n2-c1ccc(C(C)C)cc1. The molecule has 0 amide bonds. The van der Waals surface area contributed by atoms with Crippen LogP contribution in [0, 0.1) is 0 Å². The third kappa shape index (κ3) is 4.82. The Labute approximate surface area is 208 Å². The third-order valence-electron chi connectivity index (χ3n) is 6.05. The maximum absolute atomic E-state index is 13.6. The second kappa shape index (κ2) is 10.6. The lowest BCUT2D eigenvalue weighted by Gasteiger charge is -2.16. The maximum Gasteiger partial charge on any atom is 0.337 e. The average molecular weight is 491 g/mol. The van der Waals surface area contributed by atoms with Gasteiger partial charge in [0.15, 0.2) is 11.2 Å². The minimum Gasteiger partial charge on any atom is -0.492 e. The van der Waals surface area contributed by atoms with Gasteiger partial charge in [-0.2, -0.15) is 0 Å². The number of ether oxygens (including phenoxy) is 2. The third-order valence-corrected chi connectivity index (χ3v) is 6.05. The minimum atomic E-state index is -0.800. The summed E-state index contributed by atoms with van der Waals surface area (Å²) in [6.07, 6.45) is 1.40. The van der Waals surface area contributed by atoms with E-state index in [9.17, 15) is 14.4 Å². The summed E-state index contributed by atoms with van der Waals surface area (Å²) in [6.45, 7) is 7.87. The summed E-state index contributed by atoms with van der Waals surface area (Å²) in [6, 6.07) is 15.9. The number of rotatable bonds is 9. The second-order valence-electron chi connectivity index (χ2n) is 8.73. The number of aromatic nitrogens is 4. The second-order valence-corrected chi connectivity index (χ2v) is 8.73. The number of benzene rings is 2. The molecule has 0 N–H and O–H groups in total. The Morgan fingerprint density at radius 1 is 1.00 bits per heavy atom. The van der Waals surface area contributed by atoms with Gasteiger partial charge in [-0.15, -0.1) is 0 Å². The first-order valence-electron chi connectivity index (χ1n) is 12.0. The largest absolute Gasteiger partial charge is 0.492 e. The molecule has 0 unspecified atom stereocenters. The van der Waals surface area contributed by atoms with Crippen LogP contribution in [0.15, 0.2) is 70.5 Å². The van der Waals surface area contributed by atoms with E-state index in [2.05, 4.69) is 18.8 Å². The lowest BCUT2D eigenvalue weighted by atomic mass is 10.0. The van der Waals surface area contributed by atoms with Gasteiger partial charge in [0.25, 0.3) is 5.56 Å². The highest BCUT2D eigenvalue weighted by atomic mass is 16.5. The number of imidazole rings is 1. The zero-order valence-electron chi connectivity index (χ0n) is 20.9. The summed E-state index contributed by atoms with van der Waals surface area (Å²) in [4.78, 5) is 44.0. The van der Waals surface area contributed by atoms with Crippen LogP contribution in [0.2, 0.25) is 0 Å². The lowest BCUT2D eigenvalue weighted by Crippen LogP contribution is -2.41. The van der Waals surface area contributed by atoms with Crippen molar-refractivity contribution < 1.29 is 14.3 Å². The van der Waals surface area contributed by atoms with Gasteiger partial charge in [0, 0.05) is 0 Å². The van der Waals surface area contributed by atoms with Crippen molar-refractivity contribution in [3.8, 4) is 11.4 Å².